The molecular formula is C17H16O4. The molecule has 4 heteroatoms. The lowest BCUT2D eigenvalue weighted by molar-refractivity contribution is -0.131. The highest BCUT2D eigenvalue weighted by Crippen LogP contribution is 2.41. The Labute approximate surface area is 122 Å². The molecular weight excluding hydrogens is 268 g/mol. The van der Waals surface area contributed by atoms with Crippen molar-refractivity contribution in [3.63, 3.8) is 0 Å². The maximum Gasteiger partial charge on any atom is 0.308 e. The van der Waals surface area contributed by atoms with E-state index in [1.54, 1.807) is 18.2 Å². The largest absolute Gasteiger partial charge is 0.492 e. The fourth-order valence-electron chi connectivity index (χ4n) is 2.58. The molecule has 1 N–H and O–H groups in total. The second-order valence-electron chi connectivity index (χ2n) is 5.07. The van der Waals surface area contributed by atoms with Gasteiger partial charge in [0.25, 0.3) is 0 Å². The van der Waals surface area contributed by atoms with Crippen molar-refractivity contribution >= 4 is 5.97 Å². The van der Waals surface area contributed by atoms with Crippen molar-refractivity contribution in [1.82, 2.24) is 0 Å². The molecule has 1 aliphatic heterocycles. The SMILES string of the molecule is CC(=O)Oc1ccc2c(c1)OC[C@@H](c1ccccc1)[C@@H]2O. The predicted molar refractivity (Wildman–Crippen MR) is 77.4 cm³/mol. The quantitative estimate of drug-likeness (QED) is 0.680. The van der Waals surface area contributed by atoms with E-state index in [1.807, 2.05) is 30.3 Å². The van der Waals surface area contributed by atoms with Gasteiger partial charge in [-0.1, -0.05) is 30.3 Å². The molecule has 0 saturated heterocycles. The van der Waals surface area contributed by atoms with E-state index >= 15 is 0 Å². The van der Waals surface area contributed by atoms with E-state index in [0.717, 1.165) is 5.56 Å². The standard InChI is InChI=1S/C17H16O4/c1-11(18)21-13-7-8-14-16(9-13)20-10-15(17(14)19)12-5-3-2-4-6-12/h2-9,15,17,19H,10H2,1H3/t15-,17+/m0/s1. The van der Waals surface area contributed by atoms with Crippen LogP contribution < -0.4 is 9.47 Å². The summed E-state index contributed by atoms with van der Waals surface area (Å²) in [6, 6.07) is 14.8. The minimum Gasteiger partial charge on any atom is -0.492 e. The van der Waals surface area contributed by atoms with Crippen LogP contribution in [0, 0.1) is 0 Å². The van der Waals surface area contributed by atoms with Crippen LogP contribution in [0.5, 0.6) is 11.5 Å². The fraction of sp³-hybridized carbons (Fsp3) is 0.235. The molecule has 2 atom stereocenters. The van der Waals surface area contributed by atoms with Gasteiger partial charge in [0.2, 0.25) is 0 Å². The minimum atomic E-state index is -0.637. The highest BCUT2D eigenvalue weighted by atomic mass is 16.5. The number of ether oxygens (including phenoxy) is 2. The van der Waals surface area contributed by atoms with Gasteiger partial charge in [-0.2, -0.15) is 0 Å². The lowest BCUT2D eigenvalue weighted by Gasteiger charge is -2.30. The first-order valence-corrected chi connectivity index (χ1v) is 6.83. The van der Waals surface area contributed by atoms with Crippen molar-refractivity contribution in [3.8, 4) is 11.5 Å². The lowest BCUT2D eigenvalue weighted by Crippen LogP contribution is -2.24. The van der Waals surface area contributed by atoms with Crippen LogP contribution in [0.1, 0.15) is 30.1 Å². The smallest absolute Gasteiger partial charge is 0.308 e. The van der Waals surface area contributed by atoms with E-state index in [1.165, 1.54) is 6.92 Å². The predicted octanol–water partition coefficient (Wildman–Crippen LogP) is 2.82. The Kier molecular flexibility index (Phi) is 3.62. The van der Waals surface area contributed by atoms with Gasteiger partial charge >= 0.3 is 5.97 Å². The van der Waals surface area contributed by atoms with Gasteiger partial charge in [-0.3, -0.25) is 4.79 Å². The van der Waals surface area contributed by atoms with Gasteiger partial charge in [-0.25, -0.2) is 0 Å². The molecule has 0 amide bonds. The van der Waals surface area contributed by atoms with E-state index in [-0.39, 0.29) is 11.9 Å². The van der Waals surface area contributed by atoms with Crippen LogP contribution >= 0.6 is 0 Å². The van der Waals surface area contributed by atoms with Gasteiger partial charge in [0.1, 0.15) is 11.5 Å². The summed E-state index contributed by atoms with van der Waals surface area (Å²) in [7, 11) is 0. The van der Waals surface area contributed by atoms with Gasteiger partial charge in [0.15, 0.2) is 0 Å². The second-order valence-corrected chi connectivity index (χ2v) is 5.07. The zero-order valence-electron chi connectivity index (χ0n) is 11.7. The molecule has 3 rings (SSSR count). The van der Waals surface area contributed by atoms with Gasteiger partial charge in [0, 0.05) is 24.5 Å². The molecule has 0 radical (unpaired) electrons. The van der Waals surface area contributed by atoms with Crippen LogP contribution in [0.15, 0.2) is 48.5 Å². The number of hydrogen-bond donors (Lipinski definition) is 1. The first kappa shape index (κ1) is 13.6. The number of carbonyl (C=O) groups is 1. The molecule has 0 unspecified atom stereocenters. The van der Waals surface area contributed by atoms with Gasteiger partial charge in [-0.05, 0) is 17.7 Å². The number of esters is 1. The van der Waals surface area contributed by atoms with Gasteiger partial charge in [0.05, 0.1) is 12.7 Å². The Balaban J connectivity index is 1.89. The van der Waals surface area contributed by atoms with E-state index in [9.17, 15) is 9.90 Å². The number of rotatable bonds is 2. The van der Waals surface area contributed by atoms with Crippen molar-refractivity contribution in [1.29, 1.82) is 0 Å². The van der Waals surface area contributed by atoms with Crippen LogP contribution in [-0.4, -0.2) is 17.7 Å². The van der Waals surface area contributed by atoms with E-state index < -0.39 is 6.10 Å². The summed E-state index contributed by atoms with van der Waals surface area (Å²) in [4.78, 5) is 11.0. The highest BCUT2D eigenvalue weighted by Gasteiger charge is 2.30. The fourth-order valence-corrected chi connectivity index (χ4v) is 2.58. The number of carbonyl (C=O) groups excluding carboxylic acids is 1. The topological polar surface area (TPSA) is 55.8 Å². The summed E-state index contributed by atoms with van der Waals surface area (Å²) < 4.78 is 10.8. The molecule has 2 aromatic carbocycles. The number of aliphatic hydroxyl groups excluding tert-OH is 1. The molecule has 0 aromatic heterocycles. The molecule has 0 fully saturated rings. The number of hydrogen-bond acceptors (Lipinski definition) is 4. The average Bonchev–Trinajstić information content (AvgIpc) is 2.48. The zero-order chi connectivity index (χ0) is 14.8. The second kappa shape index (κ2) is 5.58. The van der Waals surface area contributed by atoms with Crippen molar-refractivity contribution in [2.24, 2.45) is 0 Å². The van der Waals surface area contributed by atoms with Crippen LogP contribution in [0.4, 0.5) is 0 Å². The summed E-state index contributed by atoms with van der Waals surface area (Å²) >= 11 is 0. The third-order valence-corrected chi connectivity index (χ3v) is 3.59. The zero-order valence-corrected chi connectivity index (χ0v) is 11.7. The Morgan fingerprint density at radius 2 is 2.00 bits per heavy atom. The Morgan fingerprint density at radius 3 is 2.71 bits per heavy atom. The first-order chi connectivity index (χ1) is 10.1. The summed E-state index contributed by atoms with van der Waals surface area (Å²) in [5.74, 6) is 0.506. The maximum atomic E-state index is 11.0. The van der Waals surface area contributed by atoms with Crippen molar-refractivity contribution < 1.29 is 19.4 Å². The molecule has 1 heterocycles. The molecule has 1 aliphatic rings. The van der Waals surface area contributed by atoms with E-state index in [2.05, 4.69) is 0 Å². The van der Waals surface area contributed by atoms with E-state index in [0.29, 0.717) is 23.7 Å². The van der Waals surface area contributed by atoms with Crippen molar-refractivity contribution in [2.75, 3.05) is 6.61 Å². The summed E-state index contributed by atoms with van der Waals surface area (Å²) in [6.07, 6.45) is -0.637. The molecule has 4 nitrogen and oxygen atoms in total. The maximum absolute atomic E-state index is 11.0. The van der Waals surface area contributed by atoms with Gasteiger partial charge in [-0.15, -0.1) is 0 Å². The highest BCUT2D eigenvalue weighted by molar-refractivity contribution is 5.69. The van der Waals surface area contributed by atoms with Crippen LogP contribution in [0.3, 0.4) is 0 Å². The number of fused-ring (bicyclic) bond motifs is 1. The molecule has 0 spiro atoms. The Morgan fingerprint density at radius 1 is 1.24 bits per heavy atom. The third kappa shape index (κ3) is 2.76. The number of aliphatic hydroxyl groups is 1. The molecule has 0 saturated carbocycles. The molecule has 0 aliphatic carbocycles. The summed E-state index contributed by atoms with van der Waals surface area (Å²) in [5.41, 5.74) is 1.76. The van der Waals surface area contributed by atoms with Crippen LogP contribution in [-0.2, 0) is 4.79 Å². The summed E-state index contributed by atoms with van der Waals surface area (Å²) in [5, 5.41) is 10.6. The van der Waals surface area contributed by atoms with Crippen LogP contribution in [0.2, 0.25) is 0 Å². The Bertz CT molecular complexity index is 651. The lowest BCUT2D eigenvalue weighted by atomic mass is 9.87. The average molecular weight is 284 g/mol. The minimum absolute atomic E-state index is 0.0988. The van der Waals surface area contributed by atoms with Crippen LogP contribution in [0.25, 0.3) is 0 Å². The summed E-state index contributed by atoms with van der Waals surface area (Å²) in [6.45, 7) is 1.74. The monoisotopic (exact) mass is 284 g/mol. The molecule has 21 heavy (non-hydrogen) atoms. The van der Waals surface area contributed by atoms with E-state index in [4.69, 9.17) is 9.47 Å². The third-order valence-electron chi connectivity index (χ3n) is 3.59. The number of benzene rings is 2. The molecule has 2 aromatic rings. The Hall–Kier alpha value is -2.33. The van der Waals surface area contributed by atoms with Crippen molar-refractivity contribution in [3.05, 3.63) is 59.7 Å². The molecule has 0 bridgehead atoms. The normalized spacial score (nSPS) is 20.3. The van der Waals surface area contributed by atoms with Gasteiger partial charge < -0.3 is 14.6 Å². The first-order valence-electron chi connectivity index (χ1n) is 6.83. The van der Waals surface area contributed by atoms with Crippen molar-refractivity contribution in [2.45, 2.75) is 18.9 Å². The molecule has 108 valence electrons.